The molecule has 4 heteroatoms. The second kappa shape index (κ2) is 7.31. The van der Waals surface area contributed by atoms with Crippen LogP contribution >= 0.6 is 0 Å². The van der Waals surface area contributed by atoms with Gasteiger partial charge in [0.1, 0.15) is 0 Å². The fourth-order valence-corrected chi connectivity index (χ4v) is 2.21. The average Bonchev–Trinajstić information content (AvgIpc) is 2.88. The van der Waals surface area contributed by atoms with Gasteiger partial charge in [0.2, 0.25) is 0 Å². The zero-order chi connectivity index (χ0) is 12.7. The molecular formula is C13H28N2O2. The summed E-state index contributed by atoms with van der Waals surface area (Å²) in [5.74, 6) is 0. The molecule has 0 aromatic carbocycles. The highest BCUT2D eigenvalue weighted by atomic mass is 16.5. The summed E-state index contributed by atoms with van der Waals surface area (Å²) in [6, 6.07) is 0.614. The smallest absolute Gasteiger partial charge is 0.0622 e. The van der Waals surface area contributed by atoms with Crippen molar-refractivity contribution in [2.45, 2.75) is 44.2 Å². The van der Waals surface area contributed by atoms with E-state index in [4.69, 9.17) is 4.74 Å². The van der Waals surface area contributed by atoms with Crippen LogP contribution in [-0.2, 0) is 4.74 Å². The monoisotopic (exact) mass is 244 g/mol. The summed E-state index contributed by atoms with van der Waals surface area (Å²) >= 11 is 0. The number of nitrogens with one attached hydrogen (secondary N) is 1. The van der Waals surface area contributed by atoms with Crippen LogP contribution in [0.1, 0.15) is 32.6 Å². The van der Waals surface area contributed by atoms with Gasteiger partial charge >= 0.3 is 0 Å². The molecule has 2 unspecified atom stereocenters. The fourth-order valence-electron chi connectivity index (χ4n) is 2.21. The third kappa shape index (κ3) is 4.92. The second-order valence-electron chi connectivity index (χ2n) is 5.42. The number of aliphatic hydroxyl groups excluding tert-OH is 1. The van der Waals surface area contributed by atoms with E-state index >= 15 is 0 Å². The number of ether oxygens (including phenoxy) is 1. The fraction of sp³-hybridized carbons (Fsp3) is 1.00. The van der Waals surface area contributed by atoms with E-state index in [9.17, 15) is 5.11 Å². The highest BCUT2D eigenvalue weighted by Crippen LogP contribution is 2.15. The number of likely N-dealkylation sites (N-methyl/N-ethyl adjacent to an activating group) is 2. The van der Waals surface area contributed by atoms with E-state index in [1.54, 1.807) is 0 Å². The first kappa shape index (κ1) is 14.9. The van der Waals surface area contributed by atoms with Crippen molar-refractivity contribution >= 4 is 0 Å². The van der Waals surface area contributed by atoms with Gasteiger partial charge in [-0.1, -0.05) is 6.42 Å². The van der Waals surface area contributed by atoms with Crippen molar-refractivity contribution in [2.24, 2.45) is 0 Å². The standard InChI is InChI=1S/C13H28N2O2/c1-13(11-16,14-2)7-4-5-8-15(3)12-6-9-17-10-12/h12,14,16H,4-11H2,1-3H3. The molecule has 0 radical (unpaired) electrons. The Morgan fingerprint density at radius 2 is 2.24 bits per heavy atom. The molecule has 1 aliphatic rings. The largest absolute Gasteiger partial charge is 0.394 e. The van der Waals surface area contributed by atoms with Crippen LogP contribution in [0.3, 0.4) is 0 Å². The minimum Gasteiger partial charge on any atom is -0.394 e. The van der Waals surface area contributed by atoms with E-state index < -0.39 is 0 Å². The summed E-state index contributed by atoms with van der Waals surface area (Å²) in [6.45, 7) is 5.20. The van der Waals surface area contributed by atoms with Gasteiger partial charge in [-0.2, -0.15) is 0 Å². The molecule has 0 bridgehead atoms. The Labute approximate surface area is 105 Å². The van der Waals surface area contributed by atoms with Crippen LogP contribution in [-0.4, -0.2) is 62.0 Å². The highest BCUT2D eigenvalue weighted by molar-refractivity contribution is 4.80. The van der Waals surface area contributed by atoms with Gasteiger partial charge in [-0.3, -0.25) is 0 Å². The first-order chi connectivity index (χ1) is 8.11. The van der Waals surface area contributed by atoms with Gasteiger partial charge in [0.15, 0.2) is 0 Å². The highest BCUT2D eigenvalue weighted by Gasteiger charge is 2.21. The van der Waals surface area contributed by atoms with Crippen LogP contribution in [0.4, 0.5) is 0 Å². The van der Waals surface area contributed by atoms with Gasteiger partial charge in [-0.25, -0.2) is 0 Å². The van der Waals surface area contributed by atoms with E-state index in [0.29, 0.717) is 6.04 Å². The summed E-state index contributed by atoms with van der Waals surface area (Å²) in [5.41, 5.74) is -0.116. The minimum absolute atomic E-state index is 0.116. The summed E-state index contributed by atoms with van der Waals surface area (Å²) < 4.78 is 5.39. The Morgan fingerprint density at radius 1 is 1.47 bits per heavy atom. The zero-order valence-electron chi connectivity index (χ0n) is 11.5. The lowest BCUT2D eigenvalue weighted by atomic mass is 9.96. The van der Waals surface area contributed by atoms with Crippen molar-refractivity contribution in [3.8, 4) is 0 Å². The van der Waals surface area contributed by atoms with E-state index in [1.807, 2.05) is 7.05 Å². The molecule has 1 heterocycles. The summed E-state index contributed by atoms with van der Waals surface area (Å²) in [7, 11) is 4.10. The summed E-state index contributed by atoms with van der Waals surface area (Å²) in [5, 5.41) is 12.5. The topological polar surface area (TPSA) is 44.7 Å². The van der Waals surface area contributed by atoms with E-state index in [-0.39, 0.29) is 12.1 Å². The zero-order valence-corrected chi connectivity index (χ0v) is 11.5. The first-order valence-corrected chi connectivity index (χ1v) is 6.69. The van der Waals surface area contributed by atoms with Crippen LogP contribution in [0, 0.1) is 0 Å². The Morgan fingerprint density at radius 3 is 2.76 bits per heavy atom. The van der Waals surface area contributed by atoms with E-state index in [2.05, 4.69) is 24.2 Å². The van der Waals surface area contributed by atoms with Crippen LogP contribution < -0.4 is 5.32 Å². The van der Waals surface area contributed by atoms with Gasteiger partial charge in [0.25, 0.3) is 0 Å². The number of nitrogens with zero attached hydrogens (tertiary/aromatic N) is 1. The Balaban J connectivity index is 2.10. The normalized spacial score (nSPS) is 24.2. The van der Waals surface area contributed by atoms with Gasteiger partial charge in [-0.05, 0) is 46.8 Å². The molecule has 2 atom stereocenters. The van der Waals surface area contributed by atoms with Crippen LogP contribution in [0.5, 0.6) is 0 Å². The molecule has 2 N–H and O–H groups in total. The van der Waals surface area contributed by atoms with Gasteiger partial charge in [0, 0.05) is 18.2 Å². The molecule has 0 amide bonds. The van der Waals surface area contributed by atoms with Crippen molar-refractivity contribution in [1.82, 2.24) is 10.2 Å². The van der Waals surface area contributed by atoms with Crippen molar-refractivity contribution in [2.75, 3.05) is 40.5 Å². The summed E-state index contributed by atoms with van der Waals surface area (Å²) in [6.07, 6.45) is 4.52. The van der Waals surface area contributed by atoms with Crippen LogP contribution in [0.15, 0.2) is 0 Å². The number of hydrogen-bond donors (Lipinski definition) is 2. The average molecular weight is 244 g/mol. The maximum Gasteiger partial charge on any atom is 0.0622 e. The molecule has 4 nitrogen and oxygen atoms in total. The van der Waals surface area contributed by atoms with Gasteiger partial charge in [0.05, 0.1) is 13.2 Å². The lowest BCUT2D eigenvalue weighted by molar-refractivity contribution is 0.153. The molecule has 1 fully saturated rings. The summed E-state index contributed by atoms with van der Waals surface area (Å²) in [4.78, 5) is 2.41. The number of hydrogen-bond acceptors (Lipinski definition) is 4. The first-order valence-electron chi connectivity index (χ1n) is 6.69. The molecule has 0 saturated carbocycles. The van der Waals surface area contributed by atoms with Crippen LogP contribution in [0.25, 0.3) is 0 Å². The number of unbranched alkanes of at least 4 members (excludes halogenated alkanes) is 1. The van der Waals surface area contributed by atoms with Gasteiger partial charge < -0.3 is 20.1 Å². The van der Waals surface area contributed by atoms with Crippen molar-refractivity contribution in [3.63, 3.8) is 0 Å². The van der Waals surface area contributed by atoms with Crippen LogP contribution in [0.2, 0.25) is 0 Å². The van der Waals surface area contributed by atoms with Crippen molar-refractivity contribution in [1.29, 1.82) is 0 Å². The minimum atomic E-state index is -0.116. The maximum atomic E-state index is 9.28. The van der Waals surface area contributed by atoms with Crippen molar-refractivity contribution in [3.05, 3.63) is 0 Å². The Hall–Kier alpha value is -0.160. The number of rotatable bonds is 8. The molecule has 1 saturated heterocycles. The SMILES string of the molecule is CNC(C)(CO)CCCCN(C)C1CCOC1. The molecule has 1 aliphatic heterocycles. The third-order valence-electron chi connectivity index (χ3n) is 3.97. The van der Waals surface area contributed by atoms with E-state index in [0.717, 1.165) is 32.6 Å². The molecule has 0 aromatic rings. The predicted octanol–water partition coefficient (Wildman–Crippen LogP) is 0.848. The Bertz CT molecular complexity index is 202. The molecule has 102 valence electrons. The molecule has 0 aromatic heterocycles. The Kier molecular flexibility index (Phi) is 6.41. The molecular weight excluding hydrogens is 216 g/mol. The quantitative estimate of drug-likeness (QED) is 0.621. The van der Waals surface area contributed by atoms with Gasteiger partial charge in [-0.15, -0.1) is 0 Å². The molecule has 0 aliphatic carbocycles. The molecule has 0 spiro atoms. The lowest BCUT2D eigenvalue weighted by Crippen LogP contribution is -2.43. The lowest BCUT2D eigenvalue weighted by Gasteiger charge is -2.28. The molecule has 17 heavy (non-hydrogen) atoms. The maximum absolute atomic E-state index is 9.28. The third-order valence-corrected chi connectivity index (χ3v) is 3.97. The number of aliphatic hydroxyl groups is 1. The second-order valence-corrected chi connectivity index (χ2v) is 5.42. The van der Waals surface area contributed by atoms with E-state index in [1.165, 1.54) is 12.8 Å². The predicted molar refractivity (Wildman–Crippen MR) is 70.3 cm³/mol. The van der Waals surface area contributed by atoms with Crippen molar-refractivity contribution < 1.29 is 9.84 Å². The molecule has 1 rings (SSSR count).